The lowest BCUT2D eigenvalue weighted by Crippen LogP contribution is -2.44. The number of rotatable bonds is 5. The standard InChI is InChI=1S/C14H25NO2/c1-4-6-14(13(16)17)7-10-15(11-8-14)9-5-12(2)3/h5H,4,6-11H2,1-3H3,(H,16,17). The molecule has 1 aliphatic heterocycles. The molecular formula is C14H25NO2. The van der Waals surface area contributed by atoms with Crippen LogP contribution in [0.15, 0.2) is 11.6 Å². The molecule has 0 saturated carbocycles. The van der Waals surface area contributed by atoms with Crippen molar-refractivity contribution in [2.75, 3.05) is 19.6 Å². The number of nitrogens with zero attached hydrogens (tertiary/aromatic N) is 1. The molecule has 0 atom stereocenters. The number of carbonyl (C=O) groups is 1. The van der Waals surface area contributed by atoms with E-state index in [2.05, 4.69) is 31.7 Å². The highest BCUT2D eigenvalue weighted by molar-refractivity contribution is 5.74. The average molecular weight is 239 g/mol. The first-order valence-electron chi connectivity index (χ1n) is 6.59. The number of hydrogen-bond acceptors (Lipinski definition) is 2. The Morgan fingerprint density at radius 2 is 1.94 bits per heavy atom. The molecule has 1 rings (SSSR count). The maximum Gasteiger partial charge on any atom is 0.309 e. The minimum Gasteiger partial charge on any atom is -0.481 e. The molecule has 1 fully saturated rings. The van der Waals surface area contributed by atoms with Crippen LogP contribution in [0.1, 0.15) is 46.5 Å². The third kappa shape index (κ3) is 3.84. The van der Waals surface area contributed by atoms with E-state index in [0.717, 1.165) is 45.3 Å². The topological polar surface area (TPSA) is 40.5 Å². The van der Waals surface area contributed by atoms with Gasteiger partial charge in [-0.3, -0.25) is 9.69 Å². The van der Waals surface area contributed by atoms with Crippen LogP contribution in [-0.4, -0.2) is 35.6 Å². The van der Waals surface area contributed by atoms with Crippen molar-refractivity contribution in [3.63, 3.8) is 0 Å². The molecule has 0 aliphatic carbocycles. The van der Waals surface area contributed by atoms with E-state index in [1.54, 1.807) is 0 Å². The van der Waals surface area contributed by atoms with E-state index in [0.29, 0.717) is 0 Å². The Hall–Kier alpha value is -0.830. The van der Waals surface area contributed by atoms with E-state index in [1.807, 2.05) is 0 Å². The molecule has 1 aliphatic rings. The van der Waals surface area contributed by atoms with Crippen LogP contribution in [0.4, 0.5) is 0 Å². The second kappa shape index (κ2) is 6.20. The predicted octanol–water partition coefficient (Wildman–Crippen LogP) is 2.92. The van der Waals surface area contributed by atoms with Crippen LogP contribution >= 0.6 is 0 Å². The van der Waals surface area contributed by atoms with E-state index >= 15 is 0 Å². The number of allylic oxidation sites excluding steroid dienone is 1. The fraction of sp³-hybridized carbons (Fsp3) is 0.786. The van der Waals surface area contributed by atoms with Gasteiger partial charge >= 0.3 is 5.97 Å². The van der Waals surface area contributed by atoms with Crippen molar-refractivity contribution in [2.24, 2.45) is 5.41 Å². The van der Waals surface area contributed by atoms with Gasteiger partial charge in [-0.05, 0) is 46.2 Å². The molecule has 0 aromatic rings. The van der Waals surface area contributed by atoms with Gasteiger partial charge in [-0.1, -0.05) is 25.0 Å². The van der Waals surface area contributed by atoms with Crippen LogP contribution in [0.5, 0.6) is 0 Å². The summed E-state index contributed by atoms with van der Waals surface area (Å²) in [4.78, 5) is 13.8. The Morgan fingerprint density at radius 1 is 1.35 bits per heavy atom. The Balaban J connectivity index is 2.52. The zero-order chi connectivity index (χ0) is 12.9. The Kier molecular flexibility index (Phi) is 5.19. The molecule has 0 radical (unpaired) electrons. The third-order valence-corrected chi connectivity index (χ3v) is 3.75. The molecule has 0 spiro atoms. The van der Waals surface area contributed by atoms with Crippen molar-refractivity contribution in [1.82, 2.24) is 4.90 Å². The van der Waals surface area contributed by atoms with E-state index < -0.39 is 11.4 Å². The molecule has 0 bridgehead atoms. The van der Waals surface area contributed by atoms with Crippen molar-refractivity contribution in [1.29, 1.82) is 0 Å². The molecule has 1 saturated heterocycles. The first kappa shape index (κ1) is 14.2. The van der Waals surface area contributed by atoms with Gasteiger partial charge in [-0.2, -0.15) is 0 Å². The number of hydrogen-bond donors (Lipinski definition) is 1. The van der Waals surface area contributed by atoms with Crippen molar-refractivity contribution in [3.05, 3.63) is 11.6 Å². The quantitative estimate of drug-likeness (QED) is 0.750. The van der Waals surface area contributed by atoms with Crippen molar-refractivity contribution < 1.29 is 9.90 Å². The lowest BCUT2D eigenvalue weighted by molar-refractivity contribution is -0.152. The summed E-state index contributed by atoms with van der Waals surface area (Å²) in [6, 6.07) is 0. The van der Waals surface area contributed by atoms with Crippen molar-refractivity contribution in [2.45, 2.75) is 46.5 Å². The van der Waals surface area contributed by atoms with Crippen molar-refractivity contribution >= 4 is 5.97 Å². The number of piperidine rings is 1. The van der Waals surface area contributed by atoms with Gasteiger partial charge in [0.1, 0.15) is 0 Å². The Morgan fingerprint density at radius 3 is 2.35 bits per heavy atom. The molecule has 0 amide bonds. The van der Waals surface area contributed by atoms with Crippen LogP contribution in [0.25, 0.3) is 0 Å². The number of carboxylic acids is 1. The van der Waals surface area contributed by atoms with Gasteiger partial charge in [0.15, 0.2) is 0 Å². The average Bonchev–Trinajstić information content (AvgIpc) is 2.28. The lowest BCUT2D eigenvalue weighted by Gasteiger charge is -2.38. The third-order valence-electron chi connectivity index (χ3n) is 3.75. The van der Waals surface area contributed by atoms with Gasteiger partial charge in [-0.25, -0.2) is 0 Å². The summed E-state index contributed by atoms with van der Waals surface area (Å²) >= 11 is 0. The Bertz CT molecular complexity index is 285. The van der Waals surface area contributed by atoms with Gasteiger partial charge in [0.2, 0.25) is 0 Å². The first-order chi connectivity index (χ1) is 8.00. The van der Waals surface area contributed by atoms with Gasteiger partial charge in [-0.15, -0.1) is 0 Å². The minimum atomic E-state index is -0.596. The molecule has 0 aromatic carbocycles. The summed E-state index contributed by atoms with van der Waals surface area (Å²) in [7, 11) is 0. The second-order valence-electron chi connectivity index (χ2n) is 5.42. The van der Waals surface area contributed by atoms with Crippen LogP contribution in [0.2, 0.25) is 0 Å². The zero-order valence-corrected chi connectivity index (χ0v) is 11.3. The van der Waals surface area contributed by atoms with Gasteiger partial charge in [0.05, 0.1) is 5.41 Å². The first-order valence-corrected chi connectivity index (χ1v) is 6.59. The monoisotopic (exact) mass is 239 g/mol. The Labute approximate surface area is 105 Å². The van der Waals surface area contributed by atoms with Gasteiger partial charge in [0, 0.05) is 6.54 Å². The largest absolute Gasteiger partial charge is 0.481 e. The summed E-state index contributed by atoms with van der Waals surface area (Å²) in [6.07, 6.45) is 5.59. The van der Waals surface area contributed by atoms with Gasteiger partial charge in [0.25, 0.3) is 0 Å². The minimum absolute atomic E-state index is 0.448. The van der Waals surface area contributed by atoms with Gasteiger partial charge < -0.3 is 5.11 Å². The summed E-state index contributed by atoms with van der Waals surface area (Å²) in [5.41, 5.74) is 0.879. The maximum atomic E-state index is 11.4. The van der Waals surface area contributed by atoms with Crippen LogP contribution in [0.3, 0.4) is 0 Å². The maximum absolute atomic E-state index is 11.4. The zero-order valence-electron chi connectivity index (χ0n) is 11.3. The molecule has 3 heteroatoms. The van der Waals surface area contributed by atoms with E-state index in [4.69, 9.17) is 0 Å². The van der Waals surface area contributed by atoms with Crippen LogP contribution < -0.4 is 0 Å². The molecule has 0 aromatic heterocycles. The summed E-state index contributed by atoms with van der Waals surface area (Å²) < 4.78 is 0. The second-order valence-corrected chi connectivity index (χ2v) is 5.42. The van der Waals surface area contributed by atoms with Crippen LogP contribution in [0, 0.1) is 5.41 Å². The fourth-order valence-corrected chi connectivity index (χ4v) is 2.52. The normalized spacial score (nSPS) is 19.9. The highest BCUT2D eigenvalue weighted by Crippen LogP contribution is 2.36. The highest BCUT2D eigenvalue weighted by Gasteiger charge is 2.40. The van der Waals surface area contributed by atoms with E-state index in [-0.39, 0.29) is 0 Å². The van der Waals surface area contributed by atoms with E-state index in [9.17, 15) is 9.90 Å². The SMILES string of the molecule is CCCC1(C(=O)O)CCN(CC=C(C)C)CC1. The molecule has 3 nitrogen and oxygen atoms in total. The summed E-state index contributed by atoms with van der Waals surface area (Å²) in [5.74, 6) is -0.596. The fourth-order valence-electron chi connectivity index (χ4n) is 2.52. The highest BCUT2D eigenvalue weighted by atomic mass is 16.4. The number of likely N-dealkylation sites (tertiary alicyclic amines) is 1. The molecule has 1 heterocycles. The molecular weight excluding hydrogens is 214 g/mol. The predicted molar refractivity (Wildman–Crippen MR) is 70.1 cm³/mol. The molecule has 1 N–H and O–H groups in total. The number of aliphatic carboxylic acids is 1. The number of carboxylic acid groups (broad SMARTS) is 1. The smallest absolute Gasteiger partial charge is 0.309 e. The summed E-state index contributed by atoms with van der Waals surface area (Å²) in [5, 5.41) is 9.39. The summed E-state index contributed by atoms with van der Waals surface area (Å²) in [6.45, 7) is 9.06. The van der Waals surface area contributed by atoms with Crippen molar-refractivity contribution in [3.8, 4) is 0 Å². The lowest BCUT2D eigenvalue weighted by atomic mass is 9.75. The van der Waals surface area contributed by atoms with Crippen LogP contribution in [-0.2, 0) is 4.79 Å². The van der Waals surface area contributed by atoms with E-state index in [1.165, 1.54) is 5.57 Å². The molecule has 98 valence electrons. The molecule has 0 unspecified atom stereocenters. The molecule has 17 heavy (non-hydrogen) atoms.